The van der Waals surface area contributed by atoms with E-state index in [4.69, 9.17) is 5.73 Å². The lowest BCUT2D eigenvalue weighted by atomic mass is 10.1. The Morgan fingerprint density at radius 1 is 0.302 bits per heavy atom. The van der Waals surface area contributed by atoms with E-state index in [0.717, 1.165) is 35.8 Å². The van der Waals surface area contributed by atoms with E-state index in [-0.39, 0.29) is 32.9 Å². The van der Waals surface area contributed by atoms with Crippen molar-refractivity contribution in [2.75, 3.05) is 118 Å². The van der Waals surface area contributed by atoms with Gasteiger partial charge in [-0.25, -0.2) is 0 Å². The first-order chi connectivity index (χ1) is 40.1. The van der Waals surface area contributed by atoms with Crippen molar-refractivity contribution in [1.29, 1.82) is 0 Å². The number of aliphatic hydroxyl groups excluding tert-OH is 8. The first kappa shape index (κ1) is 82.4. The molecule has 0 rings (SSSR count). The van der Waals surface area contributed by atoms with Crippen molar-refractivity contribution < 1.29 is 88.8 Å². The molecule has 0 saturated carbocycles. The maximum atomic E-state index is 14.6. The van der Waals surface area contributed by atoms with Gasteiger partial charge >= 0.3 is 0 Å². The van der Waals surface area contributed by atoms with Gasteiger partial charge in [0.25, 0.3) is 0 Å². The molecule has 0 aliphatic carbocycles. The number of primary amides is 1. The Bertz CT molecular complexity index is 2080. The van der Waals surface area contributed by atoms with Gasteiger partial charge in [-0.2, -0.15) is 0 Å². The summed E-state index contributed by atoms with van der Waals surface area (Å²) in [6.45, 7) is 6.94. The number of aliphatic hydroxyl groups is 8. The summed E-state index contributed by atoms with van der Waals surface area (Å²) in [5.41, 5.74) is 5.43. The molecule has 0 saturated heterocycles. The van der Waals surface area contributed by atoms with E-state index in [0.29, 0.717) is 19.3 Å². The second-order valence-corrected chi connectivity index (χ2v) is 21.7. The molecule has 0 aromatic carbocycles. The normalized spacial score (nSPS) is 13.4. The number of amides is 10. The zero-order valence-corrected chi connectivity index (χ0v) is 52.5. The lowest BCUT2D eigenvalue weighted by molar-refractivity contribution is -0.154. The summed E-state index contributed by atoms with van der Waals surface area (Å²) < 4.78 is 0. The third-order valence-corrected chi connectivity index (χ3v) is 15.9. The molecule has 6 atom stereocenters. The van der Waals surface area contributed by atoms with E-state index in [1.165, 1.54) is 14.7 Å². The summed E-state index contributed by atoms with van der Waals surface area (Å²) in [6, 6.07) is -8.81. The molecule has 10 amide bonds. The van der Waals surface area contributed by atoms with Crippen LogP contribution in [-0.4, -0.2) is 323 Å². The van der Waals surface area contributed by atoms with Gasteiger partial charge in [-0.3, -0.25) is 47.9 Å². The molecule has 29 nitrogen and oxygen atoms in total. The van der Waals surface area contributed by atoms with Crippen LogP contribution in [0.2, 0.25) is 0 Å². The number of rotatable bonds is 44. The van der Waals surface area contributed by atoms with Gasteiger partial charge in [0.15, 0.2) is 0 Å². The van der Waals surface area contributed by atoms with Gasteiger partial charge in [-0.15, -0.1) is 0 Å². The number of nitrogens with two attached hydrogens (primary N) is 1. The first-order valence-corrected chi connectivity index (χ1v) is 29.6. The van der Waals surface area contributed by atoms with Crippen molar-refractivity contribution in [3.63, 3.8) is 0 Å². The molecule has 500 valence electrons. The molecule has 29 heteroatoms. The van der Waals surface area contributed by atoms with Crippen LogP contribution in [0, 0.1) is 0 Å². The fraction of sp³-hybridized carbons (Fsp3) is 0.825. The zero-order valence-electron chi connectivity index (χ0n) is 52.5. The molecule has 86 heavy (non-hydrogen) atoms. The second-order valence-electron chi connectivity index (χ2n) is 21.7. The molecular formula is C57H109N11O18. The Labute approximate surface area is 509 Å². The monoisotopic (exact) mass is 1240 g/mol. The van der Waals surface area contributed by atoms with Crippen LogP contribution in [0.25, 0.3) is 0 Å². The van der Waals surface area contributed by atoms with Crippen LogP contribution in [0.4, 0.5) is 0 Å². The van der Waals surface area contributed by atoms with E-state index < -0.39 is 225 Å². The van der Waals surface area contributed by atoms with Gasteiger partial charge in [-0.1, -0.05) is 49.0 Å². The SMILES string of the molecule is C.CCC(C)NCC(=O)N(CC(=O)N(CC(=O)N(CC(=O)N(CC(=O)N(CC(=O)N(CC(=O)N(CC(=O)N(CC(=O)N(CC(N)=O)C(C)CC)C(C)CC)C(CO)CO)C(CO)CO)C(C)CC)C(C)CC)C(CO)CO)C(CO)CO)C(C)CC. The summed E-state index contributed by atoms with van der Waals surface area (Å²) in [6.07, 6.45) is 2.39. The first-order valence-electron chi connectivity index (χ1n) is 29.6. The van der Waals surface area contributed by atoms with Crippen molar-refractivity contribution >= 4 is 59.1 Å². The summed E-state index contributed by atoms with van der Waals surface area (Å²) in [7, 11) is 0. The number of hydrogen-bond donors (Lipinski definition) is 10. The summed E-state index contributed by atoms with van der Waals surface area (Å²) in [4.78, 5) is 149. The van der Waals surface area contributed by atoms with Crippen LogP contribution >= 0.6 is 0 Å². The Hall–Kier alpha value is -5.66. The summed E-state index contributed by atoms with van der Waals surface area (Å²) >= 11 is 0. The Morgan fingerprint density at radius 2 is 0.477 bits per heavy atom. The van der Waals surface area contributed by atoms with Crippen LogP contribution in [0.15, 0.2) is 0 Å². The zero-order chi connectivity index (χ0) is 65.4. The Morgan fingerprint density at radius 3 is 0.651 bits per heavy atom. The van der Waals surface area contributed by atoms with Gasteiger partial charge in [0, 0.05) is 36.3 Å². The number of carbonyl (C=O) groups is 10. The molecule has 11 N–H and O–H groups in total. The molecule has 0 aromatic heterocycles. The van der Waals surface area contributed by atoms with Crippen molar-refractivity contribution in [2.45, 2.75) is 189 Å². The highest BCUT2D eigenvalue weighted by Crippen LogP contribution is 2.17. The maximum absolute atomic E-state index is 14.6. The maximum Gasteiger partial charge on any atom is 0.243 e. The third-order valence-electron chi connectivity index (χ3n) is 15.9. The van der Waals surface area contributed by atoms with E-state index in [1.54, 1.807) is 69.2 Å². The van der Waals surface area contributed by atoms with E-state index in [1.807, 2.05) is 13.8 Å². The average molecular weight is 1240 g/mol. The lowest BCUT2D eigenvalue weighted by Gasteiger charge is -2.39. The number of carbonyl (C=O) groups excluding carboxylic acids is 10. The largest absolute Gasteiger partial charge is 0.394 e. The molecule has 0 spiro atoms. The molecular weight excluding hydrogens is 1130 g/mol. The van der Waals surface area contributed by atoms with Crippen molar-refractivity contribution in [2.24, 2.45) is 5.73 Å². The van der Waals surface area contributed by atoms with Gasteiger partial charge in [0.2, 0.25) is 59.1 Å². The highest BCUT2D eigenvalue weighted by molar-refractivity contribution is 5.95. The van der Waals surface area contributed by atoms with Gasteiger partial charge in [-0.05, 0) is 80.1 Å². The number of nitrogens with zero attached hydrogens (tertiary/aromatic N) is 9. The molecule has 0 aliphatic rings. The fourth-order valence-corrected chi connectivity index (χ4v) is 8.82. The van der Waals surface area contributed by atoms with Gasteiger partial charge in [0.1, 0.15) is 52.4 Å². The molecule has 6 unspecified atom stereocenters. The van der Waals surface area contributed by atoms with Crippen LogP contribution < -0.4 is 11.1 Å². The minimum atomic E-state index is -1.49. The van der Waals surface area contributed by atoms with Crippen LogP contribution in [0.3, 0.4) is 0 Å². The lowest BCUT2D eigenvalue weighted by Crippen LogP contribution is -2.59. The molecule has 0 aliphatic heterocycles. The van der Waals surface area contributed by atoms with E-state index in [2.05, 4.69) is 5.32 Å². The predicted octanol–water partition coefficient (Wildman–Crippen LogP) is -3.64. The van der Waals surface area contributed by atoms with Crippen molar-refractivity contribution in [1.82, 2.24) is 49.4 Å². The van der Waals surface area contributed by atoms with Gasteiger partial charge in [0.05, 0.1) is 90.1 Å². The minimum Gasteiger partial charge on any atom is -0.394 e. The standard InChI is InChI=1S/C56H105N11O18.CH4/c1-13-37(7)58-19-48(77)60(39(9)15-3)23-53(82)66(45(33-72)34-73)27-55(84)65(44(31-70)32-71)26-52(81)62(41(11)17-5)22-50(79)63(42(12)18-6)24-54(83)67(46(35-74)36-75)28-56(85)64(43(29-68)30-69)25-51(80)61(40(10)16-4)21-49(78)59(20-47(57)76)38(8)14-2;/h37-46,58,68-75H,13-36H2,1-12H3,(H2,57,76);1H4. The smallest absolute Gasteiger partial charge is 0.243 e. The number of nitrogens with one attached hydrogen (secondary N) is 1. The number of hydrogen-bond acceptors (Lipinski definition) is 19. The average Bonchev–Trinajstić information content (AvgIpc) is 2.95. The molecule has 0 radical (unpaired) electrons. The Balaban J connectivity index is 0. The topological polar surface area (TPSA) is 400 Å². The summed E-state index contributed by atoms with van der Waals surface area (Å²) in [5, 5.41) is 86.0. The van der Waals surface area contributed by atoms with Crippen LogP contribution in [0.1, 0.15) is 129 Å². The predicted molar refractivity (Wildman–Crippen MR) is 320 cm³/mol. The van der Waals surface area contributed by atoms with Crippen LogP contribution in [0.5, 0.6) is 0 Å². The molecule has 0 bridgehead atoms. The van der Waals surface area contributed by atoms with Crippen LogP contribution in [-0.2, 0) is 47.9 Å². The van der Waals surface area contributed by atoms with E-state index in [9.17, 15) is 88.8 Å². The molecule has 0 fully saturated rings. The third kappa shape index (κ3) is 25.6. The van der Waals surface area contributed by atoms with E-state index >= 15 is 0 Å². The van der Waals surface area contributed by atoms with Crippen molar-refractivity contribution in [3.8, 4) is 0 Å². The minimum absolute atomic E-state index is 0. The molecule has 0 aromatic rings. The molecule has 0 heterocycles. The Kier molecular flexibility index (Phi) is 41.3. The summed E-state index contributed by atoms with van der Waals surface area (Å²) in [5.74, 6) is -8.31. The highest BCUT2D eigenvalue weighted by Gasteiger charge is 2.39. The quantitative estimate of drug-likeness (QED) is 0.0281. The van der Waals surface area contributed by atoms with Crippen molar-refractivity contribution in [3.05, 3.63) is 0 Å². The highest BCUT2D eigenvalue weighted by atomic mass is 16.3. The fourth-order valence-electron chi connectivity index (χ4n) is 8.82. The second kappa shape index (κ2) is 43.1. The van der Waals surface area contributed by atoms with Gasteiger partial charge < -0.3 is 96.0 Å².